The molecule has 1 aliphatic rings. The summed E-state index contributed by atoms with van der Waals surface area (Å²) in [4.78, 5) is 41.0. The lowest BCUT2D eigenvalue weighted by Gasteiger charge is -2.27. The van der Waals surface area contributed by atoms with Crippen LogP contribution in [0.5, 0.6) is 0 Å². The van der Waals surface area contributed by atoms with Gasteiger partial charge in [0.05, 0.1) is 6.04 Å². The molecule has 2 amide bonds. The van der Waals surface area contributed by atoms with Crippen LogP contribution in [-0.4, -0.2) is 70.7 Å². The second-order valence-electron chi connectivity index (χ2n) is 5.83. The zero-order valence-electron chi connectivity index (χ0n) is 13.9. The lowest BCUT2D eigenvalue weighted by Crippen LogP contribution is -2.54. The Labute approximate surface area is 151 Å². The Morgan fingerprint density at radius 1 is 1.36 bits per heavy atom. The number of rotatable bonds is 9. The zero-order chi connectivity index (χ0) is 19.0. The topological polar surface area (TPSA) is 177 Å². The highest BCUT2D eigenvalue weighted by Crippen LogP contribution is 2.19. The summed E-state index contributed by atoms with van der Waals surface area (Å²) in [6.07, 6.45) is 2.05. The number of nitrogens with one attached hydrogen (secondary N) is 1. The number of carboxylic acids is 1. The summed E-state index contributed by atoms with van der Waals surface area (Å²) >= 11 is 3.91. The molecule has 8 N–H and O–H groups in total. The van der Waals surface area contributed by atoms with E-state index in [4.69, 9.17) is 22.3 Å². The second kappa shape index (κ2) is 10.1. The first-order valence-electron chi connectivity index (χ1n) is 8.03. The van der Waals surface area contributed by atoms with E-state index in [9.17, 15) is 14.4 Å². The number of likely N-dealkylation sites (tertiary alicyclic amines) is 1. The summed E-state index contributed by atoms with van der Waals surface area (Å²) in [5.74, 6) is -2.06. The maximum atomic E-state index is 12.5. The van der Waals surface area contributed by atoms with Crippen LogP contribution in [0, 0.1) is 0 Å². The molecule has 1 rings (SSSR count). The third kappa shape index (κ3) is 6.42. The number of guanidine groups is 1. The van der Waals surface area contributed by atoms with Gasteiger partial charge in [0.2, 0.25) is 11.8 Å². The molecule has 0 aliphatic carbocycles. The summed E-state index contributed by atoms with van der Waals surface area (Å²) in [7, 11) is 0. The first-order chi connectivity index (χ1) is 11.8. The lowest BCUT2D eigenvalue weighted by molar-refractivity contribution is -0.143. The van der Waals surface area contributed by atoms with Crippen LogP contribution in [0.1, 0.15) is 25.7 Å². The minimum Gasteiger partial charge on any atom is -0.480 e. The molecule has 0 spiro atoms. The lowest BCUT2D eigenvalue weighted by atomic mass is 10.1. The molecule has 25 heavy (non-hydrogen) atoms. The second-order valence-corrected chi connectivity index (χ2v) is 6.19. The van der Waals surface area contributed by atoms with E-state index in [-0.39, 0.29) is 17.6 Å². The van der Waals surface area contributed by atoms with Gasteiger partial charge < -0.3 is 32.5 Å². The fraction of sp³-hybridized carbons (Fsp3) is 0.714. The average molecular weight is 374 g/mol. The fourth-order valence-corrected chi connectivity index (χ4v) is 2.86. The van der Waals surface area contributed by atoms with E-state index >= 15 is 0 Å². The molecule has 1 aliphatic heterocycles. The maximum Gasteiger partial charge on any atom is 0.327 e. The molecule has 1 heterocycles. The Morgan fingerprint density at radius 2 is 2.04 bits per heavy atom. The number of nitrogens with two attached hydrogens (primary N) is 3. The van der Waals surface area contributed by atoms with Gasteiger partial charge >= 0.3 is 5.97 Å². The number of carboxylic acid groups (broad SMARTS) is 1. The molecule has 0 bridgehead atoms. The van der Waals surface area contributed by atoms with Crippen LogP contribution in [-0.2, 0) is 14.4 Å². The number of carbonyl (C=O) groups excluding carboxylic acids is 2. The molecule has 0 aromatic carbocycles. The summed E-state index contributed by atoms with van der Waals surface area (Å²) in [6.45, 7) is 0.784. The largest absolute Gasteiger partial charge is 0.480 e. The van der Waals surface area contributed by atoms with E-state index in [1.54, 1.807) is 0 Å². The Hall–Kier alpha value is -2.01. The zero-order valence-corrected chi connectivity index (χ0v) is 14.8. The van der Waals surface area contributed by atoms with Gasteiger partial charge in [-0.1, -0.05) is 0 Å². The monoisotopic (exact) mass is 374 g/mol. The highest BCUT2D eigenvalue weighted by atomic mass is 32.1. The van der Waals surface area contributed by atoms with Crippen LogP contribution in [0.2, 0.25) is 0 Å². The first-order valence-corrected chi connectivity index (χ1v) is 8.66. The van der Waals surface area contributed by atoms with Crippen LogP contribution in [0.4, 0.5) is 0 Å². The molecule has 3 atom stereocenters. The molecule has 1 fully saturated rings. The van der Waals surface area contributed by atoms with Crippen molar-refractivity contribution in [3.05, 3.63) is 0 Å². The number of aliphatic carboxylic acids is 1. The molecular formula is C14H26N6O4S. The van der Waals surface area contributed by atoms with E-state index in [1.165, 1.54) is 4.90 Å². The molecule has 10 nitrogen and oxygen atoms in total. The first kappa shape index (κ1) is 21.0. The molecule has 142 valence electrons. The van der Waals surface area contributed by atoms with Gasteiger partial charge in [-0.3, -0.25) is 14.6 Å². The normalized spacial score (nSPS) is 19.1. The Balaban J connectivity index is 2.60. The maximum absolute atomic E-state index is 12.5. The number of aliphatic imine (C=N–C) groups is 1. The van der Waals surface area contributed by atoms with Crippen molar-refractivity contribution in [1.82, 2.24) is 10.2 Å². The highest BCUT2D eigenvalue weighted by molar-refractivity contribution is 7.80. The minimum atomic E-state index is -1.17. The molecule has 3 unspecified atom stereocenters. The highest BCUT2D eigenvalue weighted by Gasteiger charge is 2.37. The third-order valence-electron chi connectivity index (χ3n) is 3.92. The average Bonchev–Trinajstić information content (AvgIpc) is 3.04. The van der Waals surface area contributed by atoms with Gasteiger partial charge in [0, 0.05) is 18.8 Å². The standard InChI is InChI=1S/C14H26N6O4S/c15-8(3-1-5-18-14(16)17)12(22)20-6-2-4-10(20)11(21)19-9(7-25)13(23)24/h8-10,25H,1-7,15H2,(H,19,21)(H,23,24)(H4,16,17,18). The molecule has 0 aromatic heterocycles. The van der Waals surface area contributed by atoms with Gasteiger partial charge in [0.25, 0.3) is 0 Å². The van der Waals surface area contributed by atoms with Crippen LogP contribution in [0.25, 0.3) is 0 Å². The Morgan fingerprint density at radius 3 is 2.60 bits per heavy atom. The van der Waals surface area contributed by atoms with Crippen LogP contribution in [0.15, 0.2) is 4.99 Å². The van der Waals surface area contributed by atoms with Crippen molar-refractivity contribution < 1.29 is 19.5 Å². The molecular weight excluding hydrogens is 348 g/mol. The van der Waals surface area contributed by atoms with Crippen molar-refractivity contribution in [2.45, 2.75) is 43.8 Å². The van der Waals surface area contributed by atoms with Crippen LogP contribution < -0.4 is 22.5 Å². The third-order valence-corrected chi connectivity index (χ3v) is 4.29. The molecule has 0 saturated carbocycles. The van der Waals surface area contributed by atoms with Gasteiger partial charge in [0.1, 0.15) is 12.1 Å². The summed E-state index contributed by atoms with van der Waals surface area (Å²) in [5.41, 5.74) is 16.4. The predicted octanol–water partition coefficient (Wildman–Crippen LogP) is -2.14. The summed E-state index contributed by atoms with van der Waals surface area (Å²) in [5, 5.41) is 11.4. The number of hydrogen-bond donors (Lipinski definition) is 6. The van der Waals surface area contributed by atoms with Crippen LogP contribution >= 0.6 is 12.6 Å². The van der Waals surface area contributed by atoms with Gasteiger partial charge in [-0.15, -0.1) is 0 Å². The number of amides is 2. The summed E-state index contributed by atoms with van der Waals surface area (Å²) < 4.78 is 0. The number of nitrogens with zero attached hydrogens (tertiary/aromatic N) is 2. The van der Waals surface area contributed by atoms with E-state index in [0.717, 1.165) is 0 Å². The number of hydrogen-bond acceptors (Lipinski definition) is 6. The summed E-state index contributed by atoms with van der Waals surface area (Å²) in [6, 6.07) is -2.57. The number of carbonyl (C=O) groups is 3. The van der Waals surface area contributed by atoms with Gasteiger partial charge in [-0.05, 0) is 25.7 Å². The van der Waals surface area contributed by atoms with Crippen molar-refractivity contribution in [1.29, 1.82) is 0 Å². The van der Waals surface area contributed by atoms with E-state index < -0.39 is 30.0 Å². The van der Waals surface area contributed by atoms with E-state index in [0.29, 0.717) is 38.8 Å². The predicted molar refractivity (Wildman–Crippen MR) is 96.0 cm³/mol. The smallest absolute Gasteiger partial charge is 0.327 e. The molecule has 11 heteroatoms. The van der Waals surface area contributed by atoms with Crippen LogP contribution in [0.3, 0.4) is 0 Å². The van der Waals surface area contributed by atoms with E-state index in [1.807, 2.05) is 0 Å². The van der Waals surface area contributed by atoms with Crippen molar-refractivity contribution in [3.8, 4) is 0 Å². The minimum absolute atomic E-state index is 0.0200. The van der Waals surface area contributed by atoms with Crippen molar-refractivity contribution in [2.75, 3.05) is 18.8 Å². The van der Waals surface area contributed by atoms with Gasteiger partial charge in [0.15, 0.2) is 5.96 Å². The van der Waals surface area contributed by atoms with Crippen molar-refractivity contribution >= 4 is 36.4 Å². The fourth-order valence-electron chi connectivity index (χ4n) is 2.61. The van der Waals surface area contributed by atoms with Gasteiger partial charge in [-0.2, -0.15) is 12.6 Å². The van der Waals surface area contributed by atoms with Crippen molar-refractivity contribution in [3.63, 3.8) is 0 Å². The molecule has 1 saturated heterocycles. The molecule has 0 aromatic rings. The van der Waals surface area contributed by atoms with Gasteiger partial charge in [-0.25, -0.2) is 4.79 Å². The van der Waals surface area contributed by atoms with E-state index in [2.05, 4.69) is 22.9 Å². The molecule has 0 radical (unpaired) electrons. The quantitative estimate of drug-likeness (QED) is 0.115. The Kier molecular flexibility index (Phi) is 8.49. The Bertz CT molecular complexity index is 525. The van der Waals surface area contributed by atoms with Crippen molar-refractivity contribution in [2.24, 2.45) is 22.2 Å². The SMILES string of the molecule is NC(N)=NCCCC(N)C(=O)N1CCCC1C(=O)NC(CS)C(=O)O. The number of thiol groups is 1.